The standard InChI is InChI=1S/2C6H11.Zn/c2*1-3-5-6-4-2;/h2*1,3H,4-6H2,2H3;/q2*-1;+2. The molecule has 0 bridgehead atoms. The summed E-state index contributed by atoms with van der Waals surface area (Å²) in [6.45, 7) is 14.5. The molecule has 0 aliphatic heterocycles. The molecule has 0 unspecified atom stereocenters. The van der Waals surface area contributed by atoms with Crippen LogP contribution in [0.2, 0.25) is 0 Å². The van der Waals surface area contributed by atoms with Crippen molar-refractivity contribution in [3.63, 3.8) is 0 Å². The van der Waals surface area contributed by atoms with E-state index in [-0.39, 0.29) is 19.5 Å². The zero-order valence-corrected chi connectivity index (χ0v) is 12.2. The van der Waals surface area contributed by atoms with Gasteiger partial charge in [0.15, 0.2) is 0 Å². The molecule has 0 spiro atoms. The zero-order chi connectivity index (χ0) is 9.66. The molecule has 13 heavy (non-hydrogen) atoms. The molecule has 0 aliphatic carbocycles. The fourth-order valence-corrected chi connectivity index (χ4v) is 0.644. The minimum atomic E-state index is 0. The third kappa shape index (κ3) is 33.2. The van der Waals surface area contributed by atoms with Crippen LogP contribution in [0, 0.1) is 13.2 Å². The first-order chi connectivity index (χ1) is 5.83. The van der Waals surface area contributed by atoms with Crippen LogP contribution in [0.25, 0.3) is 0 Å². The predicted octanol–water partition coefficient (Wildman–Crippen LogP) is 4.33. The second-order valence-corrected chi connectivity index (χ2v) is 2.76. The second kappa shape index (κ2) is 22.7. The normalized spacial score (nSPS) is 7.54. The molecule has 0 rings (SSSR count). The van der Waals surface area contributed by atoms with Gasteiger partial charge in [-0.3, -0.25) is 12.2 Å². The fourth-order valence-electron chi connectivity index (χ4n) is 0.644. The van der Waals surface area contributed by atoms with Crippen molar-refractivity contribution in [3.8, 4) is 0 Å². The maximum Gasteiger partial charge on any atom is 2.00 e. The van der Waals surface area contributed by atoms with Gasteiger partial charge in [-0.05, 0) is 0 Å². The van der Waals surface area contributed by atoms with E-state index in [1.807, 2.05) is 0 Å². The summed E-state index contributed by atoms with van der Waals surface area (Å²) in [5, 5.41) is 0. The van der Waals surface area contributed by atoms with Gasteiger partial charge in [0.05, 0.1) is 0 Å². The topological polar surface area (TPSA) is 0 Å². The van der Waals surface area contributed by atoms with Gasteiger partial charge >= 0.3 is 19.5 Å². The molecule has 0 aromatic carbocycles. The maximum atomic E-state index is 5.09. The summed E-state index contributed by atoms with van der Waals surface area (Å²) >= 11 is 0. The molecular formula is C12H22Zn. The zero-order valence-electron chi connectivity index (χ0n) is 9.26. The van der Waals surface area contributed by atoms with Crippen molar-refractivity contribution in [1.82, 2.24) is 0 Å². The van der Waals surface area contributed by atoms with Gasteiger partial charge in [-0.1, -0.05) is 52.4 Å². The van der Waals surface area contributed by atoms with Crippen LogP contribution in [-0.2, 0) is 19.5 Å². The average molecular weight is 232 g/mol. The van der Waals surface area contributed by atoms with Crippen LogP contribution in [0.4, 0.5) is 0 Å². The van der Waals surface area contributed by atoms with E-state index in [9.17, 15) is 0 Å². The van der Waals surface area contributed by atoms with E-state index in [0.29, 0.717) is 0 Å². The Balaban J connectivity index is -0.000000143. The maximum absolute atomic E-state index is 5.09. The van der Waals surface area contributed by atoms with Gasteiger partial charge in [-0.15, -0.1) is 0 Å². The Morgan fingerprint density at radius 1 is 0.846 bits per heavy atom. The van der Waals surface area contributed by atoms with Crippen molar-refractivity contribution in [1.29, 1.82) is 0 Å². The Labute approximate surface area is 97.3 Å². The molecule has 0 fully saturated rings. The number of rotatable bonds is 6. The second-order valence-electron chi connectivity index (χ2n) is 2.76. The van der Waals surface area contributed by atoms with Crippen LogP contribution in [-0.4, -0.2) is 0 Å². The van der Waals surface area contributed by atoms with Crippen molar-refractivity contribution in [2.45, 2.75) is 52.4 Å². The fraction of sp³-hybridized carbons (Fsp3) is 0.667. The Hall–Kier alpha value is 0.103. The predicted molar refractivity (Wildman–Crippen MR) is 56.8 cm³/mol. The van der Waals surface area contributed by atoms with Crippen LogP contribution in [0.15, 0.2) is 12.2 Å². The van der Waals surface area contributed by atoms with Crippen molar-refractivity contribution < 1.29 is 19.5 Å². The summed E-state index contributed by atoms with van der Waals surface area (Å²) in [5.41, 5.74) is 0. The smallest absolute Gasteiger partial charge is 0.518 e. The molecule has 0 amide bonds. The van der Waals surface area contributed by atoms with E-state index in [2.05, 4.69) is 13.8 Å². The van der Waals surface area contributed by atoms with E-state index in [1.54, 1.807) is 12.2 Å². The average Bonchev–Trinajstić information content (AvgIpc) is 2.12. The SMILES string of the molecule is [CH-]=CCCCC.[CH-]=CCCCC.[Zn+2]. The van der Waals surface area contributed by atoms with Crippen LogP contribution >= 0.6 is 0 Å². The number of unbranched alkanes of at least 4 members (excludes halogenated alkanes) is 4. The Bertz CT molecular complexity index is 75.1. The van der Waals surface area contributed by atoms with Gasteiger partial charge in [-0.2, -0.15) is 0 Å². The van der Waals surface area contributed by atoms with Crippen molar-refractivity contribution in [3.05, 3.63) is 25.3 Å². The molecule has 0 nitrogen and oxygen atoms in total. The first-order valence-electron chi connectivity index (χ1n) is 4.90. The van der Waals surface area contributed by atoms with Crippen LogP contribution < -0.4 is 0 Å². The minimum absolute atomic E-state index is 0. The largest absolute Gasteiger partial charge is 2.00 e. The first kappa shape index (κ1) is 18.8. The third-order valence-electron chi connectivity index (χ3n) is 1.45. The summed E-state index contributed by atoms with van der Waals surface area (Å²) in [6, 6.07) is 0. The number of hydrogen-bond acceptors (Lipinski definition) is 0. The van der Waals surface area contributed by atoms with Crippen molar-refractivity contribution >= 4 is 0 Å². The van der Waals surface area contributed by atoms with Gasteiger partial charge in [0.25, 0.3) is 0 Å². The van der Waals surface area contributed by atoms with Crippen LogP contribution in [0.1, 0.15) is 52.4 Å². The summed E-state index contributed by atoms with van der Waals surface area (Å²) in [7, 11) is 0. The first-order valence-corrected chi connectivity index (χ1v) is 4.90. The van der Waals surface area contributed by atoms with Gasteiger partial charge in [0.1, 0.15) is 0 Å². The quantitative estimate of drug-likeness (QED) is 0.363. The van der Waals surface area contributed by atoms with Crippen LogP contribution in [0.3, 0.4) is 0 Å². The summed E-state index contributed by atoms with van der Waals surface area (Å²) in [6.07, 6.45) is 10.5. The van der Waals surface area contributed by atoms with Gasteiger partial charge in [0.2, 0.25) is 0 Å². The summed E-state index contributed by atoms with van der Waals surface area (Å²) in [5.74, 6) is 0. The van der Waals surface area contributed by atoms with Gasteiger partial charge < -0.3 is 13.2 Å². The monoisotopic (exact) mass is 230 g/mol. The summed E-state index contributed by atoms with van der Waals surface area (Å²) in [4.78, 5) is 0. The van der Waals surface area contributed by atoms with E-state index in [0.717, 1.165) is 12.8 Å². The van der Waals surface area contributed by atoms with Crippen molar-refractivity contribution in [2.24, 2.45) is 0 Å². The molecule has 0 N–H and O–H groups in total. The van der Waals surface area contributed by atoms with E-state index >= 15 is 0 Å². The van der Waals surface area contributed by atoms with E-state index < -0.39 is 0 Å². The Kier molecular flexibility index (Phi) is 32.9. The van der Waals surface area contributed by atoms with Gasteiger partial charge in [-0.25, -0.2) is 0 Å². The summed E-state index contributed by atoms with van der Waals surface area (Å²) < 4.78 is 0. The molecule has 0 radical (unpaired) electrons. The van der Waals surface area contributed by atoms with Gasteiger partial charge in [0, 0.05) is 0 Å². The molecular weight excluding hydrogens is 210 g/mol. The Morgan fingerprint density at radius 2 is 1.15 bits per heavy atom. The molecule has 72 valence electrons. The molecule has 0 aromatic heterocycles. The molecule has 0 atom stereocenters. The Morgan fingerprint density at radius 3 is 1.23 bits per heavy atom. The van der Waals surface area contributed by atoms with E-state index in [4.69, 9.17) is 13.2 Å². The van der Waals surface area contributed by atoms with Crippen LogP contribution in [0.5, 0.6) is 0 Å². The molecule has 1 heteroatoms. The molecule has 0 saturated heterocycles. The molecule has 0 aliphatic rings. The molecule has 0 saturated carbocycles. The third-order valence-corrected chi connectivity index (χ3v) is 1.45. The molecule has 0 aromatic rings. The minimum Gasteiger partial charge on any atom is -0.518 e. The van der Waals surface area contributed by atoms with E-state index in [1.165, 1.54) is 25.7 Å². The number of allylic oxidation sites excluding steroid dienone is 2. The number of hydrogen-bond donors (Lipinski definition) is 0. The molecule has 0 heterocycles. The van der Waals surface area contributed by atoms with Crippen molar-refractivity contribution in [2.75, 3.05) is 0 Å².